The van der Waals surface area contributed by atoms with Crippen LogP contribution in [0.1, 0.15) is 5.56 Å². The molecule has 0 unspecified atom stereocenters. The number of benzene rings is 1. The molecule has 0 aliphatic rings. The van der Waals surface area contributed by atoms with Gasteiger partial charge in [0.1, 0.15) is 16.7 Å². The van der Waals surface area contributed by atoms with Crippen molar-refractivity contribution in [3.63, 3.8) is 0 Å². The van der Waals surface area contributed by atoms with Crippen molar-refractivity contribution in [2.75, 3.05) is 5.01 Å². The van der Waals surface area contributed by atoms with E-state index in [9.17, 15) is 10.1 Å². The first-order chi connectivity index (χ1) is 10.1. The number of hydrogen-bond donors (Lipinski definition) is 2. The SMILES string of the molecule is O=[N+]([O-])N(Cc1ccccc1)c1nc2nc[nH]c2c(=S)[nH]1. The number of imidazole rings is 1. The number of aromatic nitrogens is 4. The van der Waals surface area contributed by atoms with Crippen LogP contribution in [0.25, 0.3) is 11.2 Å². The number of nitrogens with one attached hydrogen (secondary N) is 2. The molecule has 0 saturated carbocycles. The molecule has 2 aromatic heterocycles. The van der Waals surface area contributed by atoms with Crippen LogP contribution in [-0.4, -0.2) is 25.0 Å². The lowest BCUT2D eigenvalue weighted by atomic mass is 10.2. The second-order valence-corrected chi connectivity index (χ2v) is 4.68. The predicted octanol–water partition coefficient (Wildman–Crippen LogP) is 2.21. The number of nitrogens with zero attached hydrogens (tertiary/aromatic N) is 4. The van der Waals surface area contributed by atoms with Crippen molar-refractivity contribution in [3.8, 4) is 0 Å². The first kappa shape index (κ1) is 13.2. The van der Waals surface area contributed by atoms with Crippen molar-refractivity contribution in [1.82, 2.24) is 19.9 Å². The van der Waals surface area contributed by atoms with E-state index in [1.165, 1.54) is 6.33 Å². The van der Waals surface area contributed by atoms with Gasteiger partial charge in [0.05, 0.1) is 6.33 Å². The van der Waals surface area contributed by atoms with Crippen LogP contribution in [0, 0.1) is 14.8 Å². The highest BCUT2D eigenvalue weighted by Gasteiger charge is 2.21. The molecular formula is C12H10N6O2S. The molecular weight excluding hydrogens is 292 g/mol. The molecule has 0 saturated heterocycles. The normalized spacial score (nSPS) is 10.7. The van der Waals surface area contributed by atoms with Gasteiger partial charge in [0.15, 0.2) is 10.7 Å². The average Bonchev–Trinajstić information content (AvgIpc) is 2.94. The molecule has 3 rings (SSSR count). The Morgan fingerprint density at radius 3 is 2.81 bits per heavy atom. The first-order valence-electron chi connectivity index (χ1n) is 6.04. The monoisotopic (exact) mass is 302 g/mol. The maximum Gasteiger partial charge on any atom is 0.269 e. The summed E-state index contributed by atoms with van der Waals surface area (Å²) in [5.41, 5.74) is 1.68. The quantitative estimate of drug-likeness (QED) is 0.435. The lowest BCUT2D eigenvalue weighted by Gasteiger charge is -2.12. The van der Waals surface area contributed by atoms with Gasteiger partial charge in [0.25, 0.3) is 5.95 Å². The van der Waals surface area contributed by atoms with Crippen LogP contribution in [0.5, 0.6) is 0 Å². The molecule has 0 aliphatic carbocycles. The lowest BCUT2D eigenvalue weighted by Crippen LogP contribution is -2.31. The fourth-order valence-electron chi connectivity index (χ4n) is 1.92. The molecule has 0 aliphatic heterocycles. The van der Waals surface area contributed by atoms with Crippen LogP contribution in [0.3, 0.4) is 0 Å². The molecule has 2 N–H and O–H groups in total. The van der Waals surface area contributed by atoms with Gasteiger partial charge in [-0.25, -0.2) is 15.1 Å². The standard InChI is InChI=1S/C12H10N6O2S/c19-18(20)17(6-8-4-2-1-3-5-8)12-15-10-9(11(21)16-12)13-7-14-10/h1-5,7H,6H2,(H2,13,14,15,16,21). The maximum absolute atomic E-state index is 11.3. The highest BCUT2D eigenvalue weighted by atomic mass is 32.1. The van der Waals surface area contributed by atoms with E-state index in [1.54, 1.807) is 12.1 Å². The molecule has 0 bridgehead atoms. The lowest BCUT2D eigenvalue weighted by molar-refractivity contribution is -0.497. The second kappa shape index (κ2) is 5.29. The largest absolute Gasteiger partial charge is 0.341 e. The topological polar surface area (TPSA) is 104 Å². The van der Waals surface area contributed by atoms with Crippen molar-refractivity contribution in [2.45, 2.75) is 6.54 Å². The van der Waals surface area contributed by atoms with Crippen LogP contribution in [-0.2, 0) is 6.54 Å². The highest BCUT2D eigenvalue weighted by Crippen LogP contribution is 2.16. The summed E-state index contributed by atoms with van der Waals surface area (Å²) in [6.45, 7) is 0.0715. The molecule has 2 heterocycles. The van der Waals surface area contributed by atoms with Gasteiger partial charge in [-0.3, -0.25) is 0 Å². The molecule has 9 heteroatoms. The van der Waals surface area contributed by atoms with Crippen LogP contribution in [0.2, 0.25) is 0 Å². The van der Waals surface area contributed by atoms with Crippen molar-refractivity contribution in [1.29, 1.82) is 0 Å². The molecule has 3 aromatic rings. The van der Waals surface area contributed by atoms with Gasteiger partial charge >= 0.3 is 0 Å². The third-order valence-corrected chi connectivity index (χ3v) is 3.21. The fraction of sp³-hybridized carbons (Fsp3) is 0.0833. The van der Waals surface area contributed by atoms with E-state index in [1.807, 2.05) is 18.2 Å². The number of rotatable bonds is 4. The summed E-state index contributed by atoms with van der Waals surface area (Å²) in [5.74, 6) is 0.0495. The molecule has 106 valence electrons. The van der Waals surface area contributed by atoms with Crippen LogP contribution < -0.4 is 5.01 Å². The van der Waals surface area contributed by atoms with E-state index in [-0.39, 0.29) is 12.5 Å². The van der Waals surface area contributed by atoms with Crippen molar-refractivity contribution < 1.29 is 5.03 Å². The summed E-state index contributed by atoms with van der Waals surface area (Å²) in [5, 5.41) is 11.7. The zero-order chi connectivity index (χ0) is 14.8. The zero-order valence-corrected chi connectivity index (χ0v) is 11.5. The number of nitro groups is 1. The number of anilines is 1. The predicted molar refractivity (Wildman–Crippen MR) is 78.7 cm³/mol. The van der Waals surface area contributed by atoms with Gasteiger partial charge in [-0.05, 0) is 5.56 Å². The van der Waals surface area contributed by atoms with Gasteiger partial charge in [-0.15, -0.1) is 0 Å². The minimum absolute atomic E-state index is 0.0495. The zero-order valence-electron chi connectivity index (χ0n) is 10.7. The molecule has 0 amide bonds. The van der Waals surface area contributed by atoms with Gasteiger partial charge in [0, 0.05) is 0 Å². The minimum Gasteiger partial charge on any atom is -0.341 e. The van der Waals surface area contributed by atoms with Crippen molar-refractivity contribution in [2.24, 2.45) is 0 Å². The molecule has 0 fully saturated rings. The third-order valence-electron chi connectivity index (χ3n) is 2.90. The van der Waals surface area contributed by atoms with E-state index in [2.05, 4.69) is 19.9 Å². The first-order valence-corrected chi connectivity index (χ1v) is 6.45. The van der Waals surface area contributed by atoms with E-state index in [0.29, 0.717) is 15.8 Å². The van der Waals surface area contributed by atoms with Gasteiger partial charge in [-0.1, -0.05) is 47.6 Å². The molecule has 21 heavy (non-hydrogen) atoms. The van der Waals surface area contributed by atoms with Crippen molar-refractivity contribution in [3.05, 3.63) is 57.0 Å². The summed E-state index contributed by atoms with van der Waals surface area (Å²) in [7, 11) is 0. The van der Waals surface area contributed by atoms with Gasteiger partial charge < -0.3 is 9.97 Å². The summed E-state index contributed by atoms with van der Waals surface area (Å²) in [6, 6.07) is 9.10. The van der Waals surface area contributed by atoms with Crippen LogP contribution in [0.4, 0.5) is 5.95 Å². The number of fused-ring (bicyclic) bond motifs is 1. The van der Waals surface area contributed by atoms with Gasteiger partial charge in [0.2, 0.25) is 0 Å². The smallest absolute Gasteiger partial charge is 0.269 e. The van der Waals surface area contributed by atoms with Crippen LogP contribution in [0.15, 0.2) is 36.7 Å². The molecule has 0 spiro atoms. The van der Waals surface area contributed by atoms with E-state index >= 15 is 0 Å². The second-order valence-electron chi connectivity index (χ2n) is 4.27. The number of H-pyrrole nitrogens is 2. The molecule has 0 radical (unpaired) electrons. The Morgan fingerprint density at radius 1 is 1.33 bits per heavy atom. The average molecular weight is 302 g/mol. The molecule has 1 aromatic carbocycles. The van der Waals surface area contributed by atoms with Gasteiger partial charge in [-0.2, -0.15) is 4.98 Å². The highest BCUT2D eigenvalue weighted by molar-refractivity contribution is 7.71. The third kappa shape index (κ3) is 2.58. The number of hydrazine groups is 1. The summed E-state index contributed by atoms with van der Waals surface area (Å²) in [4.78, 5) is 25.0. The fourth-order valence-corrected chi connectivity index (χ4v) is 2.16. The Kier molecular flexibility index (Phi) is 3.32. The minimum atomic E-state index is -0.529. The summed E-state index contributed by atoms with van der Waals surface area (Å²) < 4.78 is 0.326. The number of aromatic amines is 2. The Hall–Kier alpha value is -2.81. The van der Waals surface area contributed by atoms with E-state index in [4.69, 9.17) is 12.2 Å². The van der Waals surface area contributed by atoms with Crippen molar-refractivity contribution >= 4 is 29.3 Å². The Balaban J connectivity index is 2.03. The van der Waals surface area contributed by atoms with Crippen LogP contribution >= 0.6 is 12.2 Å². The Bertz CT molecular complexity index is 844. The summed E-state index contributed by atoms with van der Waals surface area (Å²) >= 11 is 5.15. The Morgan fingerprint density at radius 2 is 2.10 bits per heavy atom. The molecule has 8 nitrogen and oxygen atoms in total. The maximum atomic E-state index is 11.3. The molecule has 0 atom stereocenters. The van der Waals surface area contributed by atoms with E-state index in [0.717, 1.165) is 10.6 Å². The van der Waals surface area contributed by atoms with E-state index < -0.39 is 5.03 Å². The number of hydrogen-bond acceptors (Lipinski definition) is 5. The Labute approximate surface area is 123 Å². The summed E-state index contributed by atoms with van der Waals surface area (Å²) in [6.07, 6.45) is 1.44.